The molecule has 1 saturated heterocycles. The number of nitrogens with zero attached hydrogens (tertiary/aromatic N) is 1. The van der Waals surface area contributed by atoms with Crippen LogP contribution in [-0.4, -0.2) is 36.4 Å². The van der Waals surface area contributed by atoms with Gasteiger partial charge < -0.3 is 14.7 Å². The molecule has 0 aromatic heterocycles. The number of carbonyl (C=O) groups is 1. The van der Waals surface area contributed by atoms with Gasteiger partial charge in [0, 0.05) is 6.54 Å². The maximum Gasteiger partial charge on any atom is 0.335 e. The molecule has 5 heteroatoms. The van der Waals surface area contributed by atoms with E-state index >= 15 is 0 Å². The molecule has 2 unspecified atom stereocenters. The summed E-state index contributed by atoms with van der Waals surface area (Å²) in [6.45, 7) is 1.52. The van der Waals surface area contributed by atoms with Crippen LogP contribution in [0.2, 0.25) is 5.02 Å². The Morgan fingerprint density at radius 2 is 2.15 bits per heavy atom. The van der Waals surface area contributed by atoms with Crippen molar-refractivity contribution in [2.75, 3.05) is 18.1 Å². The number of fused-ring (bicyclic) bond motifs is 1. The van der Waals surface area contributed by atoms with Crippen LogP contribution >= 0.6 is 11.6 Å². The van der Waals surface area contributed by atoms with Crippen LogP contribution in [0.4, 0.5) is 5.69 Å². The summed E-state index contributed by atoms with van der Waals surface area (Å²) in [5.41, 5.74) is 1.16. The van der Waals surface area contributed by atoms with Crippen molar-refractivity contribution in [3.05, 3.63) is 28.8 Å². The Balaban J connectivity index is 1.89. The lowest BCUT2D eigenvalue weighted by atomic mass is 9.89. The highest BCUT2D eigenvalue weighted by Crippen LogP contribution is 2.35. The summed E-state index contributed by atoms with van der Waals surface area (Å²) < 4.78 is 5.86. The number of ether oxygens (including phenoxy) is 1. The molecule has 1 aliphatic carbocycles. The number of hydrogen-bond donors (Lipinski definition) is 1. The summed E-state index contributed by atoms with van der Waals surface area (Å²) in [6.07, 6.45) is 4.94. The number of carboxylic acid groups (broad SMARTS) is 1. The number of halogens is 1. The molecule has 4 nitrogen and oxygen atoms in total. The van der Waals surface area contributed by atoms with Crippen molar-refractivity contribution in [1.82, 2.24) is 0 Å². The van der Waals surface area contributed by atoms with Gasteiger partial charge in [0.05, 0.1) is 35.0 Å². The highest BCUT2D eigenvalue weighted by molar-refractivity contribution is 6.33. The Morgan fingerprint density at radius 1 is 1.35 bits per heavy atom. The van der Waals surface area contributed by atoms with Crippen LogP contribution < -0.4 is 4.90 Å². The maximum absolute atomic E-state index is 11.0. The fraction of sp³-hybridized carbons (Fsp3) is 0.533. The smallest absolute Gasteiger partial charge is 0.335 e. The lowest BCUT2D eigenvalue weighted by Crippen LogP contribution is -2.52. The number of rotatable bonds is 2. The molecule has 1 N–H and O–H groups in total. The van der Waals surface area contributed by atoms with Crippen molar-refractivity contribution in [2.24, 2.45) is 0 Å². The molecule has 1 heterocycles. The van der Waals surface area contributed by atoms with E-state index in [0.717, 1.165) is 25.1 Å². The molecule has 0 spiro atoms. The standard InChI is InChI=1S/C15H18ClNO3/c16-11-9-10(15(18)19)5-6-12(11)17-7-8-20-14-4-2-1-3-13(14)17/h5-6,9,13-14H,1-4,7-8H2,(H,18,19). The van der Waals surface area contributed by atoms with E-state index in [-0.39, 0.29) is 11.7 Å². The summed E-state index contributed by atoms with van der Waals surface area (Å²) in [4.78, 5) is 13.3. The SMILES string of the molecule is O=C(O)c1ccc(N2CCOC3CCCCC32)c(Cl)c1. The predicted molar refractivity (Wildman–Crippen MR) is 77.8 cm³/mol. The van der Waals surface area contributed by atoms with E-state index in [2.05, 4.69) is 4.90 Å². The fourth-order valence-electron chi connectivity index (χ4n) is 3.27. The third kappa shape index (κ3) is 2.50. The molecule has 2 atom stereocenters. The van der Waals surface area contributed by atoms with Crippen LogP contribution in [0.1, 0.15) is 36.0 Å². The van der Waals surface area contributed by atoms with Crippen molar-refractivity contribution in [3.63, 3.8) is 0 Å². The summed E-state index contributed by atoms with van der Waals surface area (Å²) in [6, 6.07) is 5.34. The molecule has 1 saturated carbocycles. The van der Waals surface area contributed by atoms with Gasteiger partial charge in [-0.05, 0) is 31.0 Å². The predicted octanol–water partition coefficient (Wildman–Crippen LogP) is 3.19. The second-order valence-electron chi connectivity index (χ2n) is 5.43. The zero-order chi connectivity index (χ0) is 14.1. The van der Waals surface area contributed by atoms with Crippen molar-refractivity contribution in [3.8, 4) is 0 Å². The van der Waals surface area contributed by atoms with E-state index in [4.69, 9.17) is 21.4 Å². The van der Waals surface area contributed by atoms with E-state index in [1.54, 1.807) is 6.07 Å². The number of anilines is 1. The Labute approximate surface area is 123 Å². The average molecular weight is 296 g/mol. The highest BCUT2D eigenvalue weighted by Gasteiger charge is 2.35. The Kier molecular flexibility index (Phi) is 3.85. The Hall–Kier alpha value is -1.26. The van der Waals surface area contributed by atoms with Gasteiger partial charge in [0.25, 0.3) is 0 Å². The lowest BCUT2D eigenvalue weighted by Gasteiger charge is -2.45. The number of morpholine rings is 1. The average Bonchev–Trinajstić information content (AvgIpc) is 2.46. The maximum atomic E-state index is 11.0. The fourth-order valence-corrected chi connectivity index (χ4v) is 3.56. The van der Waals surface area contributed by atoms with Crippen LogP contribution in [0.5, 0.6) is 0 Å². The van der Waals surface area contributed by atoms with Crippen LogP contribution in [0.15, 0.2) is 18.2 Å². The minimum absolute atomic E-state index is 0.229. The summed E-state index contributed by atoms with van der Waals surface area (Å²) in [5, 5.41) is 9.52. The number of aromatic carboxylic acids is 1. The molecular formula is C15H18ClNO3. The molecule has 1 aliphatic heterocycles. The first-order valence-electron chi connectivity index (χ1n) is 7.08. The monoisotopic (exact) mass is 295 g/mol. The van der Waals surface area contributed by atoms with Gasteiger partial charge in [-0.3, -0.25) is 0 Å². The van der Waals surface area contributed by atoms with Gasteiger partial charge in [-0.15, -0.1) is 0 Å². The molecule has 2 fully saturated rings. The van der Waals surface area contributed by atoms with Gasteiger partial charge in [0.1, 0.15) is 0 Å². The van der Waals surface area contributed by atoms with Gasteiger partial charge in [-0.25, -0.2) is 4.79 Å². The largest absolute Gasteiger partial charge is 0.478 e. The summed E-state index contributed by atoms with van der Waals surface area (Å²) in [7, 11) is 0. The van der Waals surface area contributed by atoms with Gasteiger partial charge in [0.2, 0.25) is 0 Å². The van der Waals surface area contributed by atoms with Gasteiger partial charge in [-0.1, -0.05) is 24.4 Å². The van der Waals surface area contributed by atoms with Crippen LogP contribution in [-0.2, 0) is 4.74 Å². The zero-order valence-corrected chi connectivity index (χ0v) is 12.0. The van der Waals surface area contributed by atoms with E-state index in [9.17, 15) is 4.79 Å². The first-order chi connectivity index (χ1) is 9.66. The van der Waals surface area contributed by atoms with E-state index < -0.39 is 5.97 Å². The summed E-state index contributed by atoms with van der Waals surface area (Å²) in [5.74, 6) is -0.948. The van der Waals surface area contributed by atoms with E-state index in [0.29, 0.717) is 17.7 Å². The molecule has 2 aliphatic rings. The van der Waals surface area contributed by atoms with Gasteiger partial charge >= 0.3 is 5.97 Å². The highest BCUT2D eigenvalue weighted by atomic mass is 35.5. The quantitative estimate of drug-likeness (QED) is 0.910. The minimum atomic E-state index is -0.948. The zero-order valence-electron chi connectivity index (χ0n) is 11.2. The second kappa shape index (κ2) is 5.62. The van der Waals surface area contributed by atoms with Crippen LogP contribution in [0, 0.1) is 0 Å². The molecule has 0 bridgehead atoms. The van der Waals surface area contributed by atoms with Crippen molar-refractivity contribution in [1.29, 1.82) is 0 Å². The molecule has 20 heavy (non-hydrogen) atoms. The number of benzene rings is 1. The molecule has 1 aromatic rings. The summed E-state index contributed by atoms with van der Waals surface area (Å²) >= 11 is 6.29. The number of hydrogen-bond acceptors (Lipinski definition) is 3. The minimum Gasteiger partial charge on any atom is -0.478 e. The normalized spacial score (nSPS) is 26.1. The van der Waals surface area contributed by atoms with Crippen molar-refractivity contribution < 1.29 is 14.6 Å². The third-order valence-corrected chi connectivity index (χ3v) is 4.54. The first-order valence-corrected chi connectivity index (χ1v) is 7.45. The first kappa shape index (κ1) is 13.7. The van der Waals surface area contributed by atoms with E-state index in [1.807, 2.05) is 6.07 Å². The third-order valence-electron chi connectivity index (χ3n) is 4.24. The molecular weight excluding hydrogens is 278 g/mol. The molecule has 3 rings (SSSR count). The Morgan fingerprint density at radius 3 is 2.90 bits per heavy atom. The van der Waals surface area contributed by atoms with E-state index in [1.165, 1.54) is 18.9 Å². The van der Waals surface area contributed by atoms with Crippen molar-refractivity contribution in [2.45, 2.75) is 37.8 Å². The lowest BCUT2D eigenvalue weighted by molar-refractivity contribution is -0.00867. The molecule has 1 aromatic carbocycles. The Bertz CT molecular complexity index is 518. The molecule has 108 valence electrons. The van der Waals surface area contributed by atoms with Crippen LogP contribution in [0.25, 0.3) is 0 Å². The molecule has 0 radical (unpaired) electrons. The van der Waals surface area contributed by atoms with Crippen LogP contribution in [0.3, 0.4) is 0 Å². The molecule has 0 amide bonds. The number of carboxylic acids is 1. The topological polar surface area (TPSA) is 49.8 Å². The van der Waals surface area contributed by atoms with Gasteiger partial charge in [-0.2, -0.15) is 0 Å². The van der Waals surface area contributed by atoms with Crippen molar-refractivity contribution >= 4 is 23.3 Å². The second-order valence-corrected chi connectivity index (χ2v) is 5.83. The van der Waals surface area contributed by atoms with Gasteiger partial charge in [0.15, 0.2) is 0 Å².